The molecule has 0 spiro atoms. The van der Waals surface area contributed by atoms with Gasteiger partial charge in [-0.25, -0.2) is 10.8 Å². The predicted molar refractivity (Wildman–Crippen MR) is 75.2 cm³/mol. The van der Waals surface area contributed by atoms with Crippen molar-refractivity contribution in [3.8, 4) is 5.69 Å². The van der Waals surface area contributed by atoms with Crippen molar-refractivity contribution in [1.29, 1.82) is 5.41 Å². The number of hydrogen-bond acceptors (Lipinski definition) is 3. The zero-order chi connectivity index (χ0) is 13.2. The Balaban J connectivity index is 2.34. The minimum Gasteiger partial charge on any atom is -0.306 e. The molecule has 0 bridgehead atoms. The largest absolute Gasteiger partial charge is 0.306 e. The van der Waals surface area contributed by atoms with Crippen molar-refractivity contribution in [3.63, 3.8) is 0 Å². The number of para-hydroxylation sites is 3. The Bertz CT molecular complexity index is 730. The lowest BCUT2D eigenvalue weighted by Gasteiger charge is -2.09. The first-order chi connectivity index (χ1) is 9.31. The molecule has 3 aromatic rings. The van der Waals surface area contributed by atoms with Crippen LogP contribution in [0.3, 0.4) is 0 Å². The number of aromatic nitrogens is 2. The van der Waals surface area contributed by atoms with Gasteiger partial charge in [0, 0.05) is 5.69 Å². The van der Waals surface area contributed by atoms with Crippen LogP contribution >= 0.6 is 0 Å². The van der Waals surface area contributed by atoms with Crippen LogP contribution in [0.4, 0.5) is 0 Å². The second-order valence-corrected chi connectivity index (χ2v) is 4.11. The van der Waals surface area contributed by atoms with Gasteiger partial charge in [0.05, 0.1) is 11.0 Å². The summed E-state index contributed by atoms with van der Waals surface area (Å²) in [6.45, 7) is 0. The van der Waals surface area contributed by atoms with E-state index in [1.54, 1.807) is 0 Å². The van der Waals surface area contributed by atoms with E-state index >= 15 is 0 Å². The highest BCUT2D eigenvalue weighted by atomic mass is 15.3. The summed E-state index contributed by atoms with van der Waals surface area (Å²) in [6.07, 6.45) is 0. The minimum atomic E-state index is 0.0834. The Hall–Kier alpha value is -2.66. The third-order valence-electron chi connectivity index (χ3n) is 2.94. The minimum absolute atomic E-state index is 0.0834. The molecule has 0 saturated carbocycles. The summed E-state index contributed by atoms with van der Waals surface area (Å²) in [7, 11) is 0. The van der Waals surface area contributed by atoms with E-state index in [0.717, 1.165) is 16.7 Å². The average Bonchev–Trinajstić information content (AvgIpc) is 2.86. The molecular weight excluding hydrogens is 238 g/mol. The lowest BCUT2D eigenvalue weighted by Crippen LogP contribution is -2.32. The molecule has 0 atom stereocenters. The third-order valence-corrected chi connectivity index (χ3v) is 2.94. The fourth-order valence-electron chi connectivity index (χ4n) is 2.10. The molecule has 0 saturated heterocycles. The number of hydrogen-bond donors (Lipinski definition) is 3. The number of imidazole rings is 1. The van der Waals surface area contributed by atoms with Gasteiger partial charge in [-0.15, -0.1) is 0 Å². The molecule has 5 nitrogen and oxygen atoms in total. The van der Waals surface area contributed by atoms with Crippen LogP contribution in [-0.2, 0) is 0 Å². The van der Waals surface area contributed by atoms with Gasteiger partial charge in [0.1, 0.15) is 0 Å². The molecule has 0 fully saturated rings. The number of nitrogens with zero attached hydrogens (tertiary/aromatic N) is 2. The highest BCUT2D eigenvalue weighted by Crippen LogP contribution is 2.21. The SMILES string of the molecule is N=C(NN)c1nc2ccccc2n1-c1ccccc1. The van der Waals surface area contributed by atoms with E-state index in [9.17, 15) is 0 Å². The van der Waals surface area contributed by atoms with E-state index in [1.165, 1.54) is 0 Å². The van der Waals surface area contributed by atoms with E-state index in [4.69, 9.17) is 11.3 Å². The van der Waals surface area contributed by atoms with Gasteiger partial charge in [0.2, 0.25) is 0 Å². The number of rotatable bonds is 2. The van der Waals surface area contributed by atoms with Gasteiger partial charge in [0.25, 0.3) is 0 Å². The summed E-state index contributed by atoms with van der Waals surface area (Å²) in [6, 6.07) is 17.6. The number of nitrogens with two attached hydrogens (primary N) is 1. The molecule has 19 heavy (non-hydrogen) atoms. The number of nitrogens with one attached hydrogen (secondary N) is 2. The van der Waals surface area contributed by atoms with Crippen molar-refractivity contribution in [2.45, 2.75) is 0 Å². The van der Waals surface area contributed by atoms with Crippen molar-refractivity contribution in [1.82, 2.24) is 15.0 Å². The summed E-state index contributed by atoms with van der Waals surface area (Å²) >= 11 is 0. The van der Waals surface area contributed by atoms with Crippen molar-refractivity contribution in [3.05, 3.63) is 60.4 Å². The van der Waals surface area contributed by atoms with Crippen LogP contribution in [0.1, 0.15) is 5.82 Å². The van der Waals surface area contributed by atoms with Gasteiger partial charge in [-0.3, -0.25) is 9.98 Å². The Morgan fingerprint density at radius 3 is 2.47 bits per heavy atom. The zero-order valence-electron chi connectivity index (χ0n) is 10.2. The maximum Gasteiger partial charge on any atom is 0.182 e. The second-order valence-electron chi connectivity index (χ2n) is 4.11. The highest BCUT2D eigenvalue weighted by molar-refractivity contribution is 5.97. The van der Waals surface area contributed by atoms with Gasteiger partial charge in [-0.05, 0) is 24.3 Å². The average molecular weight is 251 g/mol. The highest BCUT2D eigenvalue weighted by Gasteiger charge is 2.14. The second kappa shape index (κ2) is 4.55. The van der Waals surface area contributed by atoms with Crippen molar-refractivity contribution in [2.75, 3.05) is 0 Å². The van der Waals surface area contributed by atoms with Crippen molar-refractivity contribution >= 4 is 16.9 Å². The smallest absolute Gasteiger partial charge is 0.182 e. The molecular formula is C14H13N5. The standard InChI is InChI=1S/C14H13N5/c15-13(18-16)14-17-11-8-4-5-9-12(11)19(14)10-6-2-1-3-7-10/h1-9H,16H2,(H2,15,18). The molecule has 1 heterocycles. The van der Waals surface area contributed by atoms with Crippen LogP contribution in [0.5, 0.6) is 0 Å². The molecule has 0 amide bonds. The molecule has 0 aliphatic heterocycles. The van der Waals surface area contributed by atoms with E-state index in [1.807, 2.05) is 59.2 Å². The topological polar surface area (TPSA) is 79.7 Å². The Labute approximate surface area is 110 Å². The predicted octanol–water partition coefficient (Wildman–Crippen LogP) is 1.81. The normalized spacial score (nSPS) is 10.6. The molecule has 0 unspecified atom stereocenters. The first kappa shape index (κ1) is 11.4. The lowest BCUT2D eigenvalue weighted by molar-refractivity contribution is 0.961. The molecule has 0 aliphatic rings. The van der Waals surface area contributed by atoms with Crippen LogP contribution in [0.15, 0.2) is 54.6 Å². The van der Waals surface area contributed by atoms with Gasteiger partial charge in [-0.2, -0.15) is 0 Å². The van der Waals surface area contributed by atoms with Crippen molar-refractivity contribution < 1.29 is 0 Å². The zero-order valence-corrected chi connectivity index (χ0v) is 10.2. The van der Waals surface area contributed by atoms with Crippen LogP contribution < -0.4 is 11.3 Å². The Morgan fingerprint density at radius 1 is 1.05 bits per heavy atom. The summed E-state index contributed by atoms with van der Waals surface area (Å²) in [5, 5.41) is 7.88. The Morgan fingerprint density at radius 2 is 1.74 bits per heavy atom. The van der Waals surface area contributed by atoms with Crippen LogP contribution in [0, 0.1) is 5.41 Å². The quantitative estimate of drug-likeness (QED) is 0.281. The monoisotopic (exact) mass is 251 g/mol. The fourth-order valence-corrected chi connectivity index (χ4v) is 2.10. The van der Waals surface area contributed by atoms with Crippen molar-refractivity contribution in [2.24, 2.45) is 5.84 Å². The Kier molecular flexibility index (Phi) is 2.74. The maximum absolute atomic E-state index is 7.88. The lowest BCUT2D eigenvalue weighted by atomic mass is 10.3. The molecule has 2 aromatic carbocycles. The molecule has 5 heteroatoms. The first-order valence-electron chi connectivity index (χ1n) is 5.89. The van der Waals surface area contributed by atoms with Gasteiger partial charge < -0.3 is 5.43 Å². The van der Waals surface area contributed by atoms with E-state index < -0.39 is 0 Å². The number of amidine groups is 1. The molecule has 94 valence electrons. The summed E-state index contributed by atoms with van der Waals surface area (Å²) in [4.78, 5) is 4.46. The maximum atomic E-state index is 7.88. The van der Waals surface area contributed by atoms with Gasteiger partial charge >= 0.3 is 0 Å². The molecule has 4 N–H and O–H groups in total. The third kappa shape index (κ3) is 1.86. The molecule has 3 rings (SSSR count). The van der Waals surface area contributed by atoms with E-state index in [2.05, 4.69) is 10.4 Å². The number of hydrazine groups is 1. The van der Waals surface area contributed by atoms with E-state index in [-0.39, 0.29) is 5.84 Å². The van der Waals surface area contributed by atoms with Gasteiger partial charge in [0.15, 0.2) is 11.7 Å². The summed E-state index contributed by atoms with van der Waals surface area (Å²) in [5.41, 5.74) is 5.08. The summed E-state index contributed by atoms with van der Waals surface area (Å²) in [5.74, 6) is 5.92. The van der Waals surface area contributed by atoms with Crippen LogP contribution in [0.2, 0.25) is 0 Å². The number of benzene rings is 2. The summed E-state index contributed by atoms with van der Waals surface area (Å²) < 4.78 is 1.91. The molecule has 0 aliphatic carbocycles. The van der Waals surface area contributed by atoms with Crippen LogP contribution in [0.25, 0.3) is 16.7 Å². The number of fused-ring (bicyclic) bond motifs is 1. The molecule has 1 aromatic heterocycles. The van der Waals surface area contributed by atoms with Gasteiger partial charge in [-0.1, -0.05) is 30.3 Å². The van der Waals surface area contributed by atoms with Crippen LogP contribution in [-0.4, -0.2) is 15.4 Å². The van der Waals surface area contributed by atoms with E-state index in [0.29, 0.717) is 5.82 Å². The first-order valence-corrected chi connectivity index (χ1v) is 5.89. The molecule has 0 radical (unpaired) electrons. The fraction of sp³-hybridized carbons (Fsp3) is 0.